The number of nitrogen functional groups attached to an aromatic ring is 2. The molecule has 5 N–H and O–H groups in total. The van der Waals surface area contributed by atoms with Crippen LogP contribution < -0.4 is 91.0 Å². The van der Waals surface area contributed by atoms with E-state index in [0.717, 1.165) is 5.69 Å². The van der Waals surface area contributed by atoms with E-state index in [1.165, 1.54) is 12.1 Å². The first kappa shape index (κ1) is 30.5. The molecule has 3 aromatic rings. The number of amides is 1. The van der Waals surface area contributed by atoms with Gasteiger partial charge in [0.15, 0.2) is 17.0 Å². The van der Waals surface area contributed by atoms with Gasteiger partial charge in [0.25, 0.3) is 5.91 Å². The van der Waals surface area contributed by atoms with Crippen LogP contribution in [-0.4, -0.2) is 50.9 Å². The topological polar surface area (TPSA) is 216 Å². The third kappa shape index (κ3) is 8.26. The number of nitrogens with zero attached hydrogens (tertiary/aromatic N) is 5. The van der Waals surface area contributed by atoms with Gasteiger partial charge in [-0.2, -0.15) is 9.97 Å². The van der Waals surface area contributed by atoms with Gasteiger partial charge < -0.3 is 41.5 Å². The van der Waals surface area contributed by atoms with Crippen LogP contribution in [0.25, 0.3) is 11.2 Å². The van der Waals surface area contributed by atoms with Crippen LogP contribution in [0.3, 0.4) is 0 Å². The Balaban J connectivity index is 0.00000306. The summed E-state index contributed by atoms with van der Waals surface area (Å²) in [6.45, 7) is 0.355. The molecular weight excluding hydrogens is 478 g/mol. The van der Waals surface area contributed by atoms with Gasteiger partial charge in [-0.15, -0.1) is 0 Å². The van der Waals surface area contributed by atoms with Crippen molar-refractivity contribution in [3.8, 4) is 0 Å². The molecule has 0 bridgehead atoms. The molecule has 0 saturated heterocycles. The monoisotopic (exact) mass is 498 g/mol. The maximum Gasteiger partial charge on any atom is 1.00 e. The number of nitrogens with two attached hydrogens (primary N) is 2. The van der Waals surface area contributed by atoms with E-state index in [-0.39, 0.29) is 88.5 Å². The first-order valence-electron chi connectivity index (χ1n) is 9.71. The van der Waals surface area contributed by atoms with Crippen LogP contribution in [0.5, 0.6) is 0 Å². The van der Waals surface area contributed by atoms with Crippen LogP contribution in [-0.2, 0) is 16.1 Å². The summed E-state index contributed by atoms with van der Waals surface area (Å²) in [6.07, 6.45) is 0.677. The summed E-state index contributed by atoms with van der Waals surface area (Å²) >= 11 is 0. The third-order valence-electron chi connectivity index (χ3n) is 4.70. The summed E-state index contributed by atoms with van der Waals surface area (Å²) < 4.78 is 0. The fourth-order valence-electron chi connectivity index (χ4n) is 3.01. The van der Waals surface area contributed by atoms with E-state index in [1.807, 2.05) is 4.90 Å². The maximum atomic E-state index is 12.3. The average molecular weight is 498 g/mol. The molecule has 2 aromatic heterocycles. The molecule has 15 heteroatoms. The molecule has 35 heavy (non-hydrogen) atoms. The van der Waals surface area contributed by atoms with E-state index in [2.05, 4.69) is 25.3 Å². The SMILES string of the molecule is CN(Cc1cnc2nc(N)nc(N)c2n1)c1ccc(C(=O)NC(CCC(=O)[O-])C(=O)[O-])cc1.[Na+].[Na+]. The second kappa shape index (κ2) is 13.5. The standard InChI is InChI=1S/C20H22N8O5.2Na/c1-28(9-11-8-23-17-15(24-11)16(21)26-20(22)27-17)12-4-2-10(3-5-12)18(31)25-13(19(32)33)6-7-14(29)30;;/h2-5,8,13H,6-7,9H2,1H3,(H,25,31)(H,29,30)(H,32,33)(H4,21,22,23,26,27);;/q;2*+1/p-2. The summed E-state index contributed by atoms with van der Waals surface area (Å²) in [5, 5.41) is 23.9. The van der Waals surface area contributed by atoms with E-state index >= 15 is 0 Å². The van der Waals surface area contributed by atoms with E-state index in [4.69, 9.17) is 11.5 Å². The van der Waals surface area contributed by atoms with Crippen molar-refractivity contribution in [2.45, 2.75) is 25.4 Å². The molecule has 0 fully saturated rings. The molecular formula is C20H20N8Na2O5. The van der Waals surface area contributed by atoms with E-state index in [0.29, 0.717) is 17.8 Å². The Labute approximate surface area is 244 Å². The number of carbonyl (C=O) groups is 3. The van der Waals surface area contributed by atoms with Crippen molar-refractivity contribution in [3.63, 3.8) is 0 Å². The molecule has 172 valence electrons. The van der Waals surface area contributed by atoms with Crippen molar-refractivity contribution in [1.29, 1.82) is 0 Å². The molecule has 1 aromatic carbocycles. The normalized spacial score (nSPS) is 11.0. The minimum atomic E-state index is -1.58. The summed E-state index contributed by atoms with van der Waals surface area (Å²) in [4.78, 5) is 52.3. The number of fused-ring (bicyclic) bond motifs is 1. The number of aromatic nitrogens is 4. The molecule has 0 radical (unpaired) electrons. The van der Waals surface area contributed by atoms with Gasteiger partial charge in [-0.1, -0.05) is 0 Å². The van der Waals surface area contributed by atoms with Gasteiger partial charge in [0.1, 0.15) is 0 Å². The zero-order valence-electron chi connectivity index (χ0n) is 19.5. The minimum absolute atomic E-state index is 0. The summed E-state index contributed by atoms with van der Waals surface area (Å²) in [7, 11) is 1.80. The maximum absolute atomic E-state index is 12.3. The summed E-state index contributed by atoms with van der Waals surface area (Å²) in [5.74, 6) is -3.54. The Bertz CT molecular complexity index is 1210. The molecule has 0 aliphatic heterocycles. The third-order valence-corrected chi connectivity index (χ3v) is 4.70. The number of anilines is 3. The number of hydrogen-bond donors (Lipinski definition) is 3. The molecule has 13 nitrogen and oxygen atoms in total. The second-order valence-corrected chi connectivity index (χ2v) is 7.16. The van der Waals surface area contributed by atoms with Crippen molar-refractivity contribution in [2.75, 3.05) is 23.4 Å². The van der Waals surface area contributed by atoms with Gasteiger partial charge >= 0.3 is 59.1 Å². The Morgan fingerprint density at radius 3 is 2.31 bits per heavy atom. The predicted molar refractivity (Wildman–Crippen MR) is 113 cm³/mol. The van der Waals surface area contributed by atoms with E-state index in [1.54, 1.807) is 25.4 Å². The number of carbonyl (C=O) groups excluding carboxylic acids is 3. The number of rotatable bonds is 9. The number of benzene rings is 1. The van der Waals surface area contributed by atoms with Gasteiger partial charge in [-0.05, 0) is 37.1 Å². The molecule has 1 unspecified atom stereocenters. The van der Waals surface area contributed by atoms with Gasteiger partial charge in [0, 0.05) is 24.3 Å². The average Bonchev–Trinajstić information content (AvgIpc) is 2.76. The zero-order chi connectivity index (χ0) is 24.1. The largest absolute Gasteiger partial charge is 1.00 e. The summed E-state index contributed by atoms with van der Waals surface area (Å²) in [5.41, 5.74) is 13.6. The van der Waals surface area contributed by atoms with Gasteiger partial charge in [0.2, 0.25) is 5.95 Å². The molecule has 0 aliphatic rings. The van der Waals surface area contributed by atoms with Crippen LogP contribution in [0.4, 0.5) is 17.5 Å². The fraction of sp³-hybridized carbons (Fsp3) is 0.250. The zero-order valence-corrected chi connectivity index (χ0v) is 23.5. The first-order valence-corrected chi connectivity index (χ1v) is 9.71. The van der Waals surface area contributed by atoms with Crippen molar-refractivity contribution >= 4 is 46.5 Å². The van der Waals surface area contributed by atoms with E-state index < -0.39 is 30.3 Å². The van der Waals surface area contributed by atoms with Crippen molar-refractivity contribution in [1.82, 2.24) is 25.3 Å². The second-order valence-electron chi connectivity index (χ2n) is 7.16. The van der Waals surface area contributed by atoms with Crippen LogP contribution in [0.2, 0.25) is 0 Å². The molecule has 1 atom stereocenters. The van der Waals surface area contributed by atoms with Crippen molar-refractivity contribution in [3.05, 3.63) is 41.7 Å². The van der Waals surface area contributed by atoms with Gasteiger partial charge in [-0.25, -0.2) is 9.97 Å². The van der Waals surface area contributed by atoms with Crippen LogP contribution >= 0.6 is 0 Å². The molecule has 0 aliphatic carbocycles. The molecule has 2 heterocycles. The smallest absolute Gasteiger partial charge is 0.550 e. The van der Waals surface area contributed by atoms with Gasteiger partial charge in [0.05, 0.1) is 30.4 Å². The number of aliphatic carboxylic acids is 2. The minimum Gasteiger partial charge on any atom is -0.550 e. The molecule has 3 rings (SSSR count). The van der Waals surface area contributed by atoms with Crippen LogP contribution in [0.1, 0.15) is 28.9 Å². The molecule has 1 amide bonds. The molecule has 0 saturated carbocycles. The van der Waals surface area contributed by atoms with Crippen LogP contribution in [0.15, 0.2) is 30.5 Å². The van der Waals surface area contributed by atoms with E-state index in [9.17, 15) is 24.6 Å². The number of carboxylic acid groups (broad SMARTS) is 2. The van der Waals surface area contributed by atoms with Crippen molar-refractivity contribution < 1.29 is 83.7 Å². The Hall–Kier alpha value is -2.55. The Morgan fingerprint density at radius 2 is 1.71 bits per heavy atom. The number of hydrogen-bond acceptors (Lipinski definition) is 12. The first-order chi connectivity index (χ1) is 15.6. The number of nitrogens with one attached hydrogen (secondary N) is 1. The van der Waals surface area contributed by atoms with Crippen LogP contribution in [0, 0.1) is 0 Å². The Morgan fingerprint density at radius 1 is 1.06 bits per heavy atom. The van der Waals surface area contributed by atoms with Gasteiger partial charge in [-0.3, -0.25) is 4.79 Å². The Kier molecular flexibility index (Phi) is 11.8. The molecule has 0 spiro atoms. The predicted octanol–water partition coefficient (Wildman–Crippen LogP) is -8.39. The number of carboxylic acids is 2. The van der Waals surface area contributed by atoms with Crippen molar-refractivity contribution in [2.24, 2.45) is 0 Å². The quantitative estimate of drug-likeness (QED) is 0.234. The summed E-state index contributed by atoms with van der Waals surface area (Å²) in [6, 6.07) is 4.89. The fourth-order valence-corrected chi connectivity index (χ4v) is 3.01.